The summed E-state index contributed by atoms with van der Waals surface area (Å²) in [6, 6.07) is 5.57. The van der Waals surface area contributed by atoms with Crippen molar-refractivity contribution in [1.82, 2.24) is 35.0 Å². The molecule has 0 bridgehead atoms. The summed E-state index contributed by atoms with van der Waals surface area (Å²) in [6.45, 7) is 9.77. The van der Waals surface area contributed by atoms with Crippen molar-refractivity contribution in [2.24, 2.45) is 5.92 Å². The van der Waals surface area contributed by atoms with E-state index < -0.39 is 11.9 Å². The Morgan fingerprint density at radius 3 is 2.53 bits per heavy atom. The maximum atomic E-state index is 15.4. The minimum Gasteiger partial charge on any atom is -0.872 e. The van der Waals surface area contributed by atoms with Gasteiger partial charge in [-0.3, -0.25) is 35.1 Å². The van der Waals surface area contributed by atoms with Crippen molar-refractivity contribution in [3.63, 3.8) is 0 Å². The van der Waals surface area contributed by atoms with Crippen molar-refractivity contribution in [3.05, 3.63) is 100 Å². The molecule has 3 aliphatic heterocycles. The second-order valence-corrected chi connectivity index (χ2v) is 15.5. The number of imide groups is 1. The van der Waals surface area contributed by atoms with Gasteiger partial charge in [0, 0.05) is 66.4 Å². The van der Waals surface area contributed by atoms with Crippen molar-refractivity contribution >= 4 is 41.2 Å². The maximum Gasteiger partial charge on any atom is 1.00 e. The van der Waals surface area contributed by atoms with Gasteiger partial charge in [0.25, 0.3) is 5.91 Å². The Balaban J connectivity index is 0.000000174. The number of allylic oxidation sites excluding steroid dienone is 3. The number of likely N-dealkylation sites (N-methyl/N-ethyl adjacent to an activating group) is 1. The predicted molar refractivity (Wildman–Crippen MR) is 211 cm³/mol. The molecular formula is C42H48FN9NaO5-. The van der Waals surface area contributed by atoms with Gasteiger partial charge in [-0.2, -0.15) is 5.10 Å². The van der Waals surface area contributed by atoms with Crippen molar-refractivity contribution < 1.29 is 57.9 Å². The number of nitrogens with one attached hydrogen (secondary N) is 2. The van der Waals surface area contributed by atoms with Gasteiger partial charge in [-0.25, -0.2) is 26.0 Å². The van der Waals surface area contributed by atoms with Gasteiger partial charge in [0.15, 0.2) is 11.5 Å². The van der Waals surface area contributed by atoms with E-state index in [-0.39, 0.29) is 77.9 Å². The zero-order valence-electron chi connectivity index (χ0n) is 33.3. The Morgan fingerprint density at radius 2 is 1.84 bits per heavy atom. The molecule has 14 nitrogen and oxygen atoms in total. The monoisotopic (exact) mass is 800 g/mol. The van der Waals surface area contributed by atoms with Crippen LogP contribution in [0.15, 0.2) is 66.0 Å². The first-order chi connectivity index (χ1) is 27.5. The van der Waals surface area contributed by atoms with Crippen LogP contribution in [-0.4, -0.2) is 99.1 Å². The quantitative estimate of drug-likeness (QED) is 0.141. The summed E-state index contributed by atoms with van der Waals surface area (Å²) in [5.41, 5.74) is 3.91. The van der Waals surface area contributed by atoms with Crippen molar-refractivity contribution in [1.29, 1.82) is 0 Å². The standard InChI is InChI=1S/C23H29FN4O3.C12H12N2O2.C7H7N3.Na/c1-26(14-5-3-2-4-6-14)15-11-27(12-15)18-8-7-16-17(21(18)24)13-28(23(16)31)19-9-10-20(29)25-22(19)30;1-8-4-11(14-7-15)12(5-10(8)13)16-6-9-2-3-9;1-6-5-9-10-4-2-3-8-7(6)10;/h7-8,14-15,19H,2-6,9-13H2,1H3,(H,25,29,30);1,4-5,7,9H,2-3,6H2,(H,14,15);2-5H,1H3;/q;-2;;+1. The number of benzene rings is 1. The van der Waals surface area contributed by atoms with Gasteiger partial charge in [-0.05, 0) is 70.2 Å². The third kappa shape index (κ3) is 9.60. The van der Waals surface area contributed by atoms with Crippen LogP contribution < -0.4 is 45.1 Å². The molecular weight excluding hydrogens is 753 g/mol. The average molecular weight is 801 g/mol. The van der Waals surface area contributed by atoms with Gasteiger partial charge < -0.3 is 25.3 Å². The van der Waals surface area contributed by atoms with E-state index in [9.17, 15) is 24.6 Å². The molecule has 4 amide bonds. The number of aromatic nitrogens is 3. The predicted octanol–water partition coefficient (Wildman–Crippen LogP) is 1.39. The fourth-order valence-electron chi connectivity index (χ4n) is 7.85. The van der Waals surface area contributed by atoms with Crippen molar-refractivity contribution in [2.45, 2.75) is 89.4 Å². The van der Waals surface area contributed by atoms with E-state index in [2.05, 4.69) is 32.7 Å². The number of fused-ring (bicyclic) bond motifs is 2. The summed E-state index contributed by atoms with van der Waals surface area (Å²) in [5.74, 6) is -0.457. The Kier molecular flexibility index (Phi) is 14.0. The van der Waals surface area contributed by atoms with Crippen molar-refractivity contribution in [2.75, 3.05) is 31.6 Å². The number of halogens is 1. The molecule has 300 valence electrons. The number of aryl methyl sites for hydroxylation is 1. The average Bonchev–Trinajstić information content (AvgIpc) is 3.87. The molecule has 2 saturated carbocycles. The van der Waals surface area contributed by atoms with E-state index in [0.717, 1.165) is 24.3 Å². The van der Waals surface area contributed by atoms with Gasteiger partial charge in [0.2, 0.25) is 18.2 Å². The van der Waals surface area contributed by atoms with Crippen LogP contribution in [0.25, 0.3) is 11.1 Å². The summed E-state index contributed by atoms with van der Waals surface area (Å²) < 4.78 is 22.7. The molecule has 16 heteroatoms. The fourth-order valence-corrected chi connectivity index (χ4v) is 7.85. The van der Waals surface area contributed by atoms with Gasteiger partial charge >= 0.3 is 29.6 Å². The normalized spacial score (nSPS) is 20.8. The van der Waals surface area contributed by atoms with Gasteiger partial charge in [0.05, 0.1) is 25.0 Å². The molecule has 6 aliphatic rings. The molecule has 2 aromatic heterocycles. The second kappa shape index (κ2) is 18.9. The van der Waals surface area contributed by atoms with E-state index in [4.69, 9.17) is 11.3 Å². The molecule has 3 aliphatic carbocycles. The summed E-state index contributed by atoms with van der Waals surface area (Å²) >= 11 is 0. The summed E-state index contributed by atoms with van der Waals surface area (Å²) in [4.78, 5) is 56.9. The van der Waals surface area contributed by atoms with Crippen LogP contribution in [0.1, 0.15) is 79.3 Å². The topological polar surface area (TPSA) is 164 Å². The number of ether oxygens (including phenoxy) is 1. The van der Waals surface area contributed by atoms with E-state index in [1.165, 1.54) is 62.0 Å². The Labute approximate surface area is 359 Å². The second-order valence-electron chi connectivity index (χ2n) is 15.5. The number of carbonyl (C=O) groups excluding carboxylic acids is 4. The zero-order chi connectivity index (χ0) is 40.2. The summed E-state index contributed by atoms with van der Waals surface area (Å²) in [6.07, 6.45) is 18.1. The van der Waals surface area contributed by atoms with E-state index in [1.807, 2.05) is 30.3 Å². The molecule has 0 radical (unpaired) electrons. The van der Waals surface area contributed by atoms with Crippen LogP contribution in [0.5, 0.6) is 0 Å². The number of anilines is 1. The number of piperidine rings is 1. The number of nitrogens with zero attached hydrogens (tertiary/aromatic N) is 7. The van der Waals surface area contributed by atoms with E-state index in [1.54, 1.807) is 22.8 Å². The SMILES string of the molecule is CN(C1CCCCC1)C1CN(c2ccc3c(c2F)CN(C2CCC(=O)NC2=O)C3=O)C1.Cc1cnn2cccnc12.[CH-]=C1C=C(NC=O)C(OCC2CC2)=CC1=[N-].[Na+]. The minimum atomic E-state index is -0.724. The molecule has 58 heavy (non-hydrogen) atoms. The van der Waals surface area contributed by atoms with E-state index in [0.29, 0.717) is 59.3 Å². The largest absolute Gasteiger partial charge is 1.00 e. The Morgan fingerprint density at radius 1 is 1.09 bits per heavy atom. The molecule has 9 rings (SSSR count). The molecule has 1 unspecified atom stereocenters. The molecule has 1 aromatic carbocycles. The molecule has 2 saturated heterocycles. The first-order valence-corrected chi connectivity index (χ1v) is 19.7. The molecule has 1 atom stereocenters. The van der Waals surface area contributed by atoms with Crippen molar-refractivity contribution in [3.8, 4) is 0 Å². The summed E-state index contributed by atoms with van der Waals surface area (Å²) in [5, 5.41) is 18.3. The smallest absolute Gasteiger partial charge is 0.872 e. The van der Waals surface area contributed by atoms with E-state index >= 15 is 4.39 Å². The fraction of sp³-hybridized carbons (Fsp3) is 0.452. The number of rotatable bonds is 9. The number of hydrogen-bond donors (Lipinski definition) is 2. The molecule has 2 N–H and O–H groups in total. The summed E-state index contributed by atoms with van der Waals surface area (Å²) in [7, 11) is 2.19. The Bertz CT molecular complexity index is 2140. The van der Waals surface area contributed by atoms with Crippen LogP contribution in [0, 0.1) is 25.2 Å². The van der Waals surface area contributed by atoms with Crippen LogP contribution in [0.4, 0.5) is 10.1 Å². The number of amides is 4. The first-order valence-electron chi connectivity index (χ1n) is 19.7. The Hall–Kier alpha value is -4.70. The molecule has 4 fully saturated rings. The van der Waals surface area contributed by atoms with Crippen LogP contribution in [-0.2, 0) is 25.7 Å². The van der Waals surface area contributed by atoms with Gasteiger partial charge in [-0.15, -0.1) is 6.08 Å². The van der Waals surface area contributed by atoms with Crippen LogP contribution in [0.3, 0.4) is 0 Å². The van der Waals surface area contributed by atoms with Gasteiger partial charge in [0.1, 0.15) is 11.8 Å². The zero-order valence-corrected chi connectivity index (χ0v) is 35.3. The van der Waals surface area contributed by atoms with Crippen LogP contribution >= 0.6 is 0 Å². The van der Waals surface area contributed by atoms with Gasteiger partial charge in [-0.1, -0.05) is 25.3 Å². The van der Waals surface area contributed by atoms with Crippen LogP contribution in [0.2, 0.25) is 0 Å². The molecule has 5 heterocycles. The maximum absolute atomic E-state index is 15.4. The number of carbonyl (C=O) groups is 4. The molecule has 3 aromatic rings. The molecule has 0 spiro atoms. The number of hydrogen-bond acceptors (Lipinski definition) is 9. The first kappa shape index (κ1) is 42.9. The third-order valence-electron chi connectivity index (χ3n) is 11.5. The third-order valence-corrected chi connectivity index (χ3v) is 11.5. The minimum absolute atomic E-state index is 0.